The van der Waals surface area contributed by atoms with Crippen molar-refractivity contribution in [2.24, 2.45) is 5.92 Å². The zero-order valence-electron chi connectivity index (χ0n) is 16.0. The molecule has 1 saturated heterocycles. The van der Waals surface area contributed by atoms with Gasteiger partial charge < -0.3 is 14.7 Å². The Bertz CT molecular complexity index is 541. The fourth-order valence-electron chi connectivity index (χ4n) is 3.59. The summed E-state index contributed by atoms with van der Waals surface area (Å²) >= 11 is 0. The maximum atomic E-state index is 12.0. The Balaban J connectivity index is 1.94. The van der Waals surface area contributed by atoms with E-state index in [2.05, 4.69) is 69.1 Å². The summed E-state index contributed by atoms with van der Waals surface area (Å²) in [5, 5.41) is 0. The van der Waals surface area contributed by atoms with Gasteiger partial charge in [0.25, 0.3) is 0 Å². The predicted octanol–water partition coefficient (Wildman–Crippen LogP) is 2.83. The van der Waals surface area contributed by atoms with Gasteiger partial charge in [0.2, 0.25) is 5.91 Å². The highest BCUT2D eigenvalue weighted by atomic mass is 16.2. The lowest BCUT2D eigenvalue weighted by atomic mass is 9.95. The number of piperidine rings is 1. The highest BCUT2D eigenvalue weighted by molar-refractivity contribution is 5.77. The number of hydrogen-bond donors (Lipinski definition) is 0. The topological polar surface area (TPSA) is 26.8 Å². The molecule has 1 unspecified atom stereocenters. The first-order valence-electron chi connectivity index (χ1n) is 9.06. The van der Waals surface area contributed by atoms with Crippen LogP contribution in [0.2, 0.25) is 0 Å². The Labute approximate surface area is 147 Å². The predicted molar refractivity (Wildman–Crippen MR) is 99.7 cm³/mol. The first-order chi connectivity index (χ1) is 11.4. The van der Waals surface area contributed by atoms with Gasteiger partial charge in [-0.3, -0.25) is 4.79 Å². The summed E-state index contributed by atoms with van der Waals surface area (Å²) < 4.78 is 0. The van der Waals surface area contributed by atoms with Gasteiger partial charge in [0.1, 0.15) is 0 Å². The van der Waals surface area contributed by atoms with E-state index in [4.69, 9.17) is 0 Å². The standard InChI is InChI=1S/C20H33N3O/c1-16(2)23-13-17(10-11-20(23)24)12-22(5)15-19-9-7-6-8-18(19)14-21(3)4/h6-9,16-17H,10-15H2,1-5H3. The smallest absolute Gasteiger partial charge is 0.222 e. The Hall–Kier alpha value is -1.39. The van der Waals surface area contributed by atoms with Crippen molar-refractivity contribution in [2.75, 3.05) is 34.2 Å². The van der Waals surface area contributed by atoms with Crippen LogP contribution in [0.5, 0.6) is 0 Å². The van der Waals surface area contributed by atoms with Crippen LogP contribution < -0.4 is 0 Å². The molecule has 0 N–H and O–H groups in total. The van der Waals surface area contributed by atoms with Gasteiger partial charge >= 0.3 is 0 Å². The molecule has 1 heterocycles. The summed E-state index contributed by atoms with van der Waals surface area (Å²) in [5.74, 6) is 0.899. The lowest BCUT2D eigenvalue weighted by Gasteiger charge is -2.37. The zero-order valence-corrected chi connectivity index (χ0v) is 16.0. The molecule has 2 rings (SSSR count). The van der Waals surface area contributed by atoms with E-state index < -0.39 is 0 Å². The van der Waals surface area contributed by atoms with E-state index in [0.29, 0.717) is 24.3 Å². The van der Waals surface area contributed by atoms with E-state index >= 15 is 0 Å². The van der Waals surface area contributed by atoms with Crippen molar-refractivity contribution in [2.45, 2.75) is 45.8 Å². The third-order valence-electron chi connectivity index (χ3n) is 4.78. The first kappa shape index (κ1) is 18.9. The van der Waals surface area contributed by atoms with Crippen LogP contribution in [0.1, 0.15) is 37.8 Å². The number of benzene rings is 1. The molecule has 0 aliphatic carbocycles. The second kappa shape index (κ2) is 8.63. The van der Waals surface area contributed by atoms with E-state index in [1.54, 1.807) is 0 Å². The molecule has 0 spiro atoms. The van der Waals surface area contributed by atoms with Gasteiger partial charge in [-0.25, -0.2) is 0 Å². The van der Waals surface area contributed by atoms with Gasteiger partial charge in [0, 0.05) is 38.6 Å². The maximum Gasteiger partial charge on any atom is 0.222 e. The van der Waals surface area contributed by atoms with Crippen LogP contribution in [0, 0.1) is 5.92 Å². The van der Waals surface area contributed by atoms with Crippen molar-refractivity contribution in [1.82, 2.24) is 14.7 Å². The lowest BCUT2D eigenvalue weighted by molar-refractivity contribution is -0.136. The molecule has 1 atom stereocenters. The summed E-state index contributed by atoms with van der Waals surface area (Å²) in [6.45, 7) is 8.12. The highest BCUT2D eigenvalue weighted by Crippen LogP contribution is 2.21. The molecule has 1 aliphatic heterocycles. The molecule has 0 radical (unpaired) electrons. The monoisotopic (exact) mass is 331 g/mol. The second-order valence-electron chi connectivity index (χ2n) is 7.75. The third kappa shape index (κ3) is 5.32. The molecule has 1 aromatic carbocycles. The summed E-state index contributed by atoms with van der Waals surface area (Å²) in [4.78, 5) is 18.7. The van der Waals surface area contributed by atoms with Crippen molar-refractivity contribution >= 4 is 5.91 Å². The summed E-state index contributed by atoms with van der Waals surface area (Å²) in [6.07, 6.45) is 1.72. The van der Waals surface area contributed by atoms with Gasteiger partial charge in [-0.05, 0) is 58.5 Å². The van der Waals surface area contributed by atoms with Crippen LogP contribution in [-0.4, -0.2) is 60.9 Å². The Kier molecular flexibility index (Phi) is 6.81. The van der Waals surface area contributed by atoms with Gasteiger partial charge in [-0.2, -0.15) is 0 Å². The van der Waals surface area contributed by atoms with Crippen molar-refractivity contribution in [3.05, 3.63) is 35.4 Å². The number of nitrogens with zero attached hydrogens (tertiary/aromatic N) is 3. The summed E-state index contributed by atoms with van der Waals surface area (Å²) in [6, 6.07) is 9.02. The Morgan fingerprint density at radius 1 is 1.12 bits per heavy atom. The fourth-order valence-corrected chi connectivity index (χ4v) is 3.59. The minimum absolute atomic E-state index is 0.312. The fraction of sp³-hybridized carbons (Fsp3) is 0.650. The van der Waals surface area contributed by atoms with Crippen LogP contribution in [0.25, 0.3) is 0 Å². The van der Waals surface area contributed by atoms with Gasteiger partial charge in [0.15, 0.2) is 0 Å². The van der Waals surface area contributed by atoms with Crippen LogP contribution in [0.4, 0.5) is 0 Å². The SMILES string of the molecule is CC(C)N1CC(CN(C)Cc2ccccc2CN(C)C)CCC1=O. The molecule has 0 aromatic heterocycles. The first-order valence-corrected chi connectivity index (χ1v) is 9.06. The normalized spacial score (nSPS) is 18.9. The number of amides is 1. The van der Waals surface area contributed by atoms with E-state index in [1.807, 2.05) is 4.90 Å². The maximum absolute atomic E-state index is 12.0. The minimum Gasteiger partial charge on any atom is -0.340 e. The van der Waals surface area contributed by atoms with Crippen molar-refractivity contribution < 1.29 is 4.79 Å². The van der Waals surface area contributed by atoms with Crippen LogP contribution in [-0.2, 0) is 17.9 Å². The molecule has 4 heteroatoms. The van der Waals surface area contributed by atoms with E-state index in [0.717, 1.165) is 32.6 Å². The van der Waals surface area contributed by atoms with E-state index in [1.165, 1.54) is 11.1 Å². The van der Waals surface area contributed by atoms with E-state index in [9.17, 15) is 4.79 Å². The molecular formula is C20H33N3O. The average Bonchev–Trinajstić information content (AvgIpc) is 2.50. The third-order valence-corrected chi connectivity index (χ3v) is 4.78. The molecule has 4 nitrogen and oxygen atoms in total. The number of carbonyl (C=O) groups is 1. The molecule has 1 aromatic rings. The average molecular weight is 332 g/mol. The van der Waals surface area contributed by atoms with Gasteiger partial charge in [-0.1, -0.05) is 24.3 Å². The number of likely N-dealkylation sites (tertiary alicyclic amines) is 1. The molecule has 134 valence electrons. The Morgan fingerprint density at radius 2 is 1.75 bits per heavy atom. The van der Waals surface area contributed by atoms with Crippen molar-refractivity contribution in [3.63, 3.8) is 0 Å². The second-order valence-corrected chi connectivity index (χ2v) is 7.75. The summed E-state index contributed by atoms with van der Waals surface area (Å²) in [7, 11) is 6.42. The molecule has 0 bridgehead atoms. The number of hydrogen-bond acceptors (Lipinski definition) is 3. The lowest BCUT2D eigenvalue weighted by Crippen LogP contribution is -2.46. The molecule has 24 heavy (non-hydrogen) atoms. The highest BCUT2D eigenvalue weighted by Gasteiger charge is 2.27. The molecular weight excluding hydrogens is 298 g/mol. The van der Waals surface area contributed by atoms with Crippen molar-refractivity contribution in [1.29, 1.82) is 0 Å². The van der Waals surface area contributed by atoms with Crippen LogP contribution >= 0.6 is 0 Å². The zero-order chi connectivity index (χ0) is 17.7. The quantitative estimate of drug-likeness (QED) is 0.769. The Morgan fingerprint density at radius 3 is 2.33 bits per heavy atom. The number of rotatable bonds is 7. The minimum atomic E-state index is 0.312. The number of carbonyl (C=O) groups excluding carboxylic acids is 1. The van der Waals surface area contributed by atoms with Gasteiger partial charge in [-0.15, -0.1) is 0 Å². The molecule has 1 aliphatic rings. The molecule has 0 saturated carbocycles. The van der Waals surface area contributed by atoms with Crippen LogP contribution in [0.3, 0.4) is 0 Å². The molecule has 1 fully saturated rings. The van der Waals surface area contributed by atoms with E-state index in [-0.39, 0.29) is 0 Å². The van der Waals surface area contributed by atoms with Crippen LogP contribution in [0.15, 0.2) is 24.3 Å². The summed E-state index contributed by atoms with van der Waals surface area (Å²) in [5.41, 5.74) is 2.80. The largest absolute Gasteiger partial charge is 0.340 e. The molecule has 1 amide bonds. The van der Waals surface area contributed by atoms with Crippen molar-refractivity contribution in [3.8, 4) is 0 Å². The van der Waals surface area contributed by atoms with Gasteiger partial charge in [0.05, 0.1) is 0 Å².